The molecular weight excluding hydrogens is 416 g/mol. The minimum absolute atomic E-state index is 0.0781. The topological polar surface area (TPSA) is 77.0 Å². The number of benzene rings is 1. The predicted octanol–water partition coefficient (Wildman–Crippen LogP) is 4.59. The smallest absolute Gasteiger partial charge is 0.226 e. The first-order valence-electron chi connectivity index (χ1n) is 9.51. The number of amides is 1. The standard InChI is InChI=1S/C22H20N4O2S2/c1-2-28-19-6-4-3-5-17(19)22-25-16(13-30-22)11-20(27)24-12-21-26-18(14-29-21)15-7-9-23-10-8-15/h3-10,13-14H,2,11-12H2,1H3,(H,24,27). The van der Waals surface area contributed by atoms with E-state index in [2.05, 4.69) is 20.3 Å². The van der Waals surface area contributed by atoms with E-state index < -0.39 is 0 Å². The molecule has 0 aliphatic carbocycles. The molecule has 1 aromatic carbocycles. The number of aromatic nitrogens is 3. The molecule has 152 valence electrons. The zero-order valence-corrected chi connectivity index (χ0v) is 18.0. The second-order valence-electron chi connectivity index (χ2n) is 6.39. The zero-order valence-electron chi connectivity index (χ0n) is 16.4. The first-order chi connectivity index (χ1) is 14.7. The maximum atomic E-state index is 12.4. The summed E-state index contributed by atoms with van der Waals surface area (Å²) in [7, 11) is 0. The Morgan fingerprint density at radius 1 is 1.07 bits per heavy atom. The highest BCUT2D eigenvalue weighted by Gasteiger charge is 2.13. The molecule has 4 aromatic rings. The monoisotopic (exact) mass is 436 g/mol. The second kappa shape index (κ2) is 9.60. The lowest BCUT2D eigenvalue weighted by molar-refractivity contribution is -0.120. The number of hydrogen-bond acceptors (Lipinski definition) is 7. The van der Waals surface area contributed by atoms with Crippen molar-refractivity contribution in [3.05, 3.63) is 70.3 Å². The molecule has 0 aliphatic heterocycles. The SMILES string of the molecule is CCOc1ccccc1-c1nc(CC(=O)NCc2nc(-c3ccncc3)cs2)cs1. The van der Waals surface area contributed by atoms with E-state index in [0.717, 1.165) is 38.3 Å². The second-order valence-corrected chi connectivity index (χ2v) is 8.19. The highest BCUT2D eigenvalue weighted by molar-refractivity contribution is 7.13. The number of rotatable bonds is 8. The first-order valence-corrected chi connectivity index (χ1v) is 11.3. The summed E-state index contributed by atoms with van der Waals surface area (Å²) in [6.45, 7) is 2.95. The number of ether oxygens (including phenoxy) is 1. The molecule has 6 nitrogen and oxygen atoms in total. The van der Waals surface area contributed by atoms with Gasteiger partial charge in [-0.3, -0.25) is 9.78 Å². The maximum absolute atomic E-state index is 12.4. The van der Waals surface area contributed by atoms with Crippen molar-refractivity contribution >= 4 is 28.6 Å². The van der Waals surface area contributed by atoms with E-state index in [0.29, 0.717) is 13.2 Å². The van der Waals surface area contributed by atoms with Crippen LogP contribution in [0.25, 0.3) is 21.8 Å². The van der Waals surface area contributed by atoms with Gasteiger partial charge in [0.1, 0.15) is 15.8 Å². The molecule has 0 aliphatic rings. The third-order valence-corrected chi connectivity index (χ3v) is 6.05. The quantitative estimate of drug-likeness (QED) is 0.437. The maximum Gasteiger partial charge on any atom is 0.226 e. The molecule has 3 aromatic heterocycles. The molecule has 8 heteroatoms. The van der Waals surface area contributed by atoms with Gasteiger partial charge in [0.15, 0.2) is 0 Å². The normalized spacial score (nSPS) is 10.7. The minimum Gasteiger partial charge on any atom is -0.493 e. The molecule has 0 radical (unpaired) electrons. The minimum atomic E-state index is -0.0781. The van der Waals surface area contributed by atoms with Crippen molar-refractivity contribution in [2.24, 2.45) is 0 Å². The van der Waals surface area contributed by atoms with Crippen LogP contribution in [0.15, 0.2) is 59.6 Å². The first kappa shape index (κ1) is 20.2. The number of para-hydroxylation sites is 1. The van der Waals surface area contributed by atoms with Crippen LogP contribution >= 0.6 is 22.7 Å². The molecule has 0 saturated carbocycles. The largest absolute Gasteiger partial charge is 0.493 e. The molecule has 0 saturated heterocycles. The van der Waals surface area contributed by atoms with Crippen molar-refractivity contribution in [1.82, 2.24) is 20.3 Å². The molecule has 0 bridgehead atoms. The molecule has 0 spiro atoms. The van der Waals surface area contributed by atoms with Crippen LogP contribution < -0.4 is 10.1 Å². The summed E-state index contributed by atoms with van der Waals surface area (Å²) < 4.78 is 5.68. The van der Waals surface area contributed by atoms with Gasteiger partial charge >= 0.3 is 0 Å². The summed E-state index contributed by atoms with van der Waals surface area (Å²) >= 11 is 3.04. The number of pyridine rings is 1. The van der Waals surface area contributed by atoms with Crippen LogP contribution in [0.2, 0.25) is 0 Å². The number of thiazole rings is 2. The van der Waals surface area contributed by atoms with Gasteiger partial charge in [-0.05, 0) is 31.2 Å². The van der Waals surface area contributed by atoms with Gasteiger partial charge in [-0.2, -0.15) is 0 Å². The van der Waals surface area contributed by atoms with Gasteiger partial charge in [0.25, 0.3) is 0 Å². The Labute approximate surface area is 182 Å². The summed E-state index contributed by atoms with van der Waals surface area (Å²) in [6.07, 6.45) is 3.71. The average Bonchev–Trinajstić information content (AvgIpc) is 3.43. The van der Waals surface area contributed by atoms with Crippen LogP contribution in [0.5, 0.6) is 5.75 Å². The van der Waals surface area contributed by atoms with E-state index >= 15 is 0 Å². The summed E-state index contributed by atoms with van der Waals surface area (Å²) in [5.41, 5.74) is 3.60. The van der Waals surface area contributed by atoms with Gasteiger partial charge in [0.2, 0.25) is 5.91 Å². The van der Waals surface area contributed by atoms with E-state index in [-0.39, 0.29) is 12.3 Å². The molecule has 1 N–H and O–H groups in total. The number of carbonyl (C=O) groups excluding carboxylic acids is 1. The Kier molecular flexibility index (Phi) is 6.46. The van der Waals surface area contributed by atoms with Crippen LogP contribution in [-0.4, -0.2) is 27.5 Å². The van der Waals surface area contributed by atoms with Crippen molar-refractivity contribution in [2.75, 3.05) is 6.61 Å². The van der Waals surface area contributed by atoms with Gasteiger partial charge in [-0.15, -0.1) is 22.7 Å². The zero-order chi connectivity index (χ0) is 20.8. The molecule has 0 fully saturated rings. The lowest BCUT2D eigenvalue weighted by Gasteiger charge is -2.07. The van der Waals surface area contributed by atoms with Crippen LogP contribution in [-0.2, 0) is 17.8 Å². The van der Waals surface area contributed by atoms with Gasteiger partial charge < -0.3 is 10.1 Å². The van der Waals surface area contributed by atoms with E-state index in [1.54, 1.807) is 12.4 Å². The van der Waals surface area contributed by atoms with E-state index in [1.807, 2.05) is 54.1 Å². The summed E-state index contributed by atoms with van der Waals surface area (Å²) in [6, 6.07) is 11.6. The van der Waals surface area contributed by atoms with Crippen LogP contribution in [0.1, 0.15) is 17.6 Å². The Morgan fingerprint density at radius 2 is 1.90 bits per heavy atom. The molecule has 1 amide bonds. The molecular formula is C22H20N4O2S2. The van der Waals surface area contributed by atoms with Crippen molar-refractivity contribution in [3.8, 4) is 27.6 Å². The molecule has 0 unspecified atom stereocenters. The van der Waals surface area contributed by atoms with Crippen molar-refractivity contribution < 1.29 is 9.53 Å². The van der Waals surface area contributed by atoms with Gasteiger partial charge in [0, 0.05) is 28.7 Å². The Morgan fingerprint density at radius 3 is 2.73 bits per heavy atom. The predicted molar refractivity (Wildman–Crippen MR) is 120 cm³/mol. The van der Waals surface area contributed by atoms with Gasteiger partial charge in [0.05, 0.1) is 36.5 Å². The van der Waals surface area contributed by atoms with Crippen LogP contribution in [0, 0.1) is 0 Å². The fraction of sp³-hybridized carbons (Fsp3) is 0.182. The third kappa shape index (κ3) is 4.90. The molecule has 3 heterocycles. The number of nitrogens with zero attached hydrogens (tertiary/aromatic N) is 3. The summed E-state index contributed by atoms with van der Waals surface area (Å²) in [5.74, 6) is 0.727. The average molecular weight is 437 g/mol. The Hall–Kier alpha value is -3.10. The number of nitrogens with one attached hydrogen (secondary N) is 1. The van der Waals surface area contributed by atoms with Crippen molar-refractivity contribution in [2.45, 2.75) is 19.9 Å². The van der Waals surface area contributed by atoms with E-state index in [9.17, 15) is 4.79 Å². The highest BCUT2D eigenvalue weighted by atomic mass is 32.1. The Bertz CT molecular complexity index is 1120. The van der Waals surface area contributed by atoms with Gasteiger partial charge in [-0.25, -0.2) is 9.97 Å². The lowest BCUT2D eigenvalue weighted by atomic mass is 10.2. The number of hydrogen-bond donors (Lipinski definition) is 1. The molecule has 4 rings (SSSR count). The highest BCUT2D eigenvalue weighted by Crippen LogP contribution is 2.32. The van der Waals surface area contributed by atoms with Crippen molar-refractivity contribution in [3.63, 3.8) is 0 Å². The summed E-state index contributed by atoms with van der Waals surface area (Å²) in [4.78, 5) is 25.6. The Balaban J connectivity index is 1.35. The number of carbonyl (C=O) groups is 1. The van der Waals surface area contributed by atoms with E-state index in [1.165, 1.54) is 22.7 Å². The fourth-order valence-electron chi connectivity index (χ4n) is 2.89. The fourth-order valence-corrected chi connectivity index (χ4v) is 4.48. The molecule has 0 atom stereocenters. The van der Waals surface area contributed by atoms with Gasteiger partial charge in [-0.1, -0.05) is 12.1 Å². The lowest BCUT2D eigenvalue weighted by Crippen LogP contribution is -2.24. The third-order valence-electron chi connectivity index (χ3n) is 4.28. The van der Waals surface area contributed by atoms with E-state index in [4.69, 9.17) is 4.74 Å². The van der Waals surface area contributed by atoms with Crippen molar-refractivity contribution in [1.29, 1.82) is 0 Å². The van der Waals surface area contributed by atoms with Crippen LogP contribution in [0.3, 0.4) is 0 Å². The summed E-state index contributed by atoms with van der Waals surface area (Å²) in [5, 5.41) is 8.55. The van der Waals surface area contributed by atoms with Crippen LogP contribution in [0.4, 0.5) is 0 Å². The molecule has 30 heavy (non-hydrogen) atoms.